The highest BCUT2D eigenvalue weighted by molar-refractivity contribution is 9.10. The Hall–Kier alpha value is -5.38. The van der Waals surface area contributed by atoms with E-state index < -0.39 is 0 Å². The van der Waals surface area contributed by atoms with Crippen LogP contribution in [0.25, 0.3) is 49.7 Å². The number of para-hydroxylation sites is 3. The minimum atomic E-state index is 1.09. The standard InChI is InChI=1S/C42H29BrN2/c43-34-23-19-32(20-24-34)30-15-17-31(18-16-30)33-21-25-37(26-22-33)44(35-9-3-1-4-10-35)38-27-28-42-40(29-38)39-13-7-8-14-41(39)45(42)36-11-5-2-6-12-36/h1-29H. The Labute approximate surface area is 271 Å². The van der Waals surface area contributed by atoms with E-state index in [2.05, 4.69) is 201 Å². The van der Waals surface area contributed by atoms with Crippen molar-refractivity contribution in [1.82, 2.24) is 4.57 Å². The molecule has 0 unspecified atom stereocenters. The SMILES string of the molecule is Brc1ccc(-c2ccc(-c3ccc(N(c4ccccc4)c4ccc5c(c4)c4ccccc4n5-c4ccccc4)cc3)cc2)cc1. The molecule has 214 valence electrons. The molecule has 0 aliphatic carbocycles. The molecule has 0 amide bonds. The normalized spacial score (nSPS) is 11.2. The zero-order valence-electron chi connectivity index (χ0n) is 24.5. The molecule has 8 rings (SSSR count). The Bertz CT molecular complexity index is 2230. The van der Waals surface area contributed by atoms with Crippen LogP contribution in [0.3, 0.4) is 0 Å². The summed E-state index contributed by atoms with van der Waals surface area (Å²) >= 11 is 3.53. The molecule has 0 bridgehead atoms. The van der Waals surface area contributed by atoms with Gasteiger partial charge >= 0.3 is 0 Å². The molecule has 0 atom stereocenters. The van der Waals surface area contributed by atoms with Gasteiger partial charge in [-0.3, -0.25) is 0 Å². The van der Waals surface area contributed by atoms with Crippen LogP contribution in [0.4, 0.5) is 17.1 Å². The molecular formula is C42H29BrN2. The van der Waals surface area contributed by atoms with Crippen LogP contribution in [-0.2, 0) is 0 Å². The molecule has 0 spiro atoms. The fraction of sp³-hybridized carbons (Fsp3) is 0. The molecule has 8 aromatic rings. The Kier molecular flexibility index (Phi) is 7.01. The zero-order valence-corrected chi connectivity index (χ0v) is 26.1. The monoisotopic (exact) mass is 640 g/mol. The number of hydrogen-bond donors (Lipinski definition) is 0. The molecule has 0 radical (unpaired) electrons. The molecule has 0 aliphatic heterocycles. The van der Waals surface area contributed by atoms with Crippen molar-refractivity contribution >= 4 is 54.8 Å². The van der Waals surface area contributed by atoms with Crippen molar-refractivity contribution in [3.63, 3.8) is 0 Å². The molecule has 0 fully saturated rings. The average Bonchev–Trinajstić information content (AvgIpc) is 3.44. The van der Waals surface area contributed by atoms with E-state index in [0.717, 1.165) is 27.2 Å². The highest BCUT2D eigenvalue weighted by Crippen LogP contribution is 2.40. The quantitative estimate of drug-likeness (QED) is 0.175. The van der Waals surface area contributed by atoms with E-state index >= 15 is 0 Å². The van der Waals surface area contributed by atoms with Gasteiger partial charge in [0, 0.05) is 38.0 Å². The average molecular weight is 642 g/mol. The van der Waals surface area contributed by atoms with Gasteiger partial charge in [-0.15, -0.1) is 0 Å². The molecule has 1 aromatic heterocycles. The summed E-state index contributed by atoms with van der Waals surface area (Å²) in [5.41, 5.74) is 11.7. The van der Waals surface area contributed by atoms with Gasteiger partial charge in [-0.25, -0.2) is 0 Å². The Morgan fingerprint density at radius 3 is 1.49 bits per heavy atom. The lowest BCUT2D eigenvalue weighted by Gasteiger charge is -2.26. The summed E-state index contributed by atoms with van der Waals surface area (Å²) in [5, 5.41) is 2.48. The van der Waals surface area contributed by atoms with E-state index in [1.54, 1.807) is 0 Å². The van der Waals surface area contributed by atoms with Crippen molar-refractivity contribution in [3.05, 3.63) is 180 Å². The second kappa shape index (κ2) is 11.6. The summed E-state index contributed by atoms with van der Waals surface area (Å²) in [6, 6.07) is 62.9. The molecule has 45 heavy (non-hydrogen) atoms. The van der Waals surface area contributed by atoms with Gasteiger partial charge in [0.05, 0.1) is 11.0 Å². The van der Waals surface area contributed by atoms with E-state index in [-0.39, 0.29) is 0 Å². The minimum Gasteiger partial charge on any atom is -0.310 e. The number of halogens is 1. The van der Waals surface area contributed by atoms with Gasteiger partial charge in [0.15, 0.2) is 0 Å². The van der Waals surface area contributed by atoms with Crippen LogP contribution in [0.2, 0.25) is 0 Å². The van der Waals surface area contributed by atoms with Crippen LogP contribution in [-0.4, -0.2) is 4.57 Å². The Balaban J connectivity index is 1.19. The second-order valence-electron chi connectivity index (χ2n) is 11.2. The van der Waals surface area contributed by atoms with E-state index in [0.29, 0.717) is 0 Å². The zero-order chi connectivity index (χ0) is 30.2. The number of anilines is 3. The number of hydrogen-bond acceptors (Lipinski definition) is 1. The summed E-state index contributed by atoms with van der Waals surface area (Å²) in [6.07, 6.45) is 0. The van der Waals surface area contributed by atoms with Crippen molar-refractivity contribution in [2.24, 2.45) is 0 Å². The van der Waals surface area contributed by atoms with Crippen molar-refractivity contribution in [2.75, 3.05) is 4.90 Å². The van der Waals surface area contributed by atoms with E-state index in [4.69, 9.17) is 0 Å². The fourth-order valence-electron chi connectivity index (χ4n) is 6.28. The van der Waals surface area contributed by atoms with Crippen LogP contribution in [0.1, 0.15) is 0 Å². The van der Waals surface area contributed by atoms with Gasteiger partial charge in [-0.1, -0.05) is 119 Å². The number of fused-ring (bicyclic) bond motifs is 3. The van der Waals surface area contributed by atoms with Crippen molar-refractivity contribution in [2.45, 2.75) is 0 Å². The number of benzene rings is 7. The number of nitrogens with zero attached hydrogens (tertiary/aromatic N) is 2. The first-order chi connectivity index (χ1) is 22.2. The summed E-state index contributed by atoms with van der Waals surface area (Å²) in [7, 11) is 0. The summed E-state index contributed by atoms with van der Waals surface area (Å²) in [4.78, 5) is 2.34. The third kappa shape index (κ3) is 5.12. The molecule has 0 saturated heterocycles. The molecule has 0 N–H and O–H groups in total. The number of aromatic nitrogens is 1. The Morgan fingerprint density at radius 2 is 0.844 bits per heavy atom. The fourth-order valence-corrected chi connectivity index (χ4v) is 6.54. The lowest BCUT2D eigenvalue weighted by Crippen LogP contribution is -2.09. The van der Waals surface area contributed by atoms with Gasteiger partial charge in [-0.05, 0) is 95.1 Å². The van der Waals surface area contributed by atoms with Crippen molar-refractivity contribution < 1.29 is 0 Å². The molecule has 1 heterocycles. The van der Waals surface area contributed by atoms with E-state index in [1.165, 1.54) is 44.1 Å². The Morgan fingerprint density at radius 1 is 0.378 bits per heavy atom. The lowest BCUT2D eigenvalue weighted by molar-refractivity contribution is 1.18. The first-order valence-corrected chi connectivity index (χ1v) is 15.9. The highest BCUT2D eigenvalue weighted by Gasteiger charge is 2.17. The van der Waals surface area contributed by atoms with E-state index in [1.807, 2.05) is 0 Å². The highest BCUT2D eigenvalue weighted by atomic mass is 79.9. The molecule has 3 heteroatoms. The summed E-state index contributed by atoms with van der Waals surface area (Å²) in [5.74, 6) is 0. The first-order valence-electron chi connectivity index (χ1n) is 15.1. The second-order valence-corrected chi connectivity index (χ2v) is 12.1. The maximum absolute atomic E-state index is 3.53. The molecule has 0 saturated carbocycles. The summed E-state index contributed by atoms with van der Waals surface area (Å²) < 4.78 is 3.45. The topological polar surface area (TPSA) is 8.17 Å². The lowest BCUT2D eigenvalue weighted by atomic mass is 10.00. The van der Waals surface area contributed by atoms with Crippen LogP contribution in [0.15, 0.2) is 180 Å². The summed E-state index contributed by atoms with van der Waals surface area (Å²) in [6.45, 7) is 0. The van der Waals surface area contributed by atoms with Gasteiger partial charge in [0.1, 0.15) is 0 Å². The van der Waals surface area contributed by atoms with Gasteiger partial charge in [0.2, 0.25) is 0 Å². The largest absolute Gasteiger partial charge is 0.310 e. The van der Waals surface area contributed by atoms with Gasteiger partial charge in [-0.2, -0.15) is 0 Å². The maximum Gasteiger partial charge on any atom is 0.0542 e. The predicted molar refractivity (Wildman–Crippen MR) is 194 cm³/mol. The van der Waals surface area contributed by atoms with Crippen LogP contribution in [0.5, 0.6) is 0 Å². The van der Waals surface area contributed by atoms with Gasteiger partial charge in [0.25, 0.3) is 0 Å². The third-order valence-electron chi connectivity index (χ3n) is 8.46. The predicted octanol–water partition coefficient (Wildman–Crippen LogP) is 12.3. The smallest absolute Gasteiger partial charge is 0.0542 e. The van der Waals surface area contributed by atoms with Crippen LogP contribution in [0, 0.1) is 0 Å². The minimum absolute atomic E-state index is 1.09. The van der Waals surface area contributed by atoms with Crippen LogP contribution >= 0.6 is 15.9 Å². The van der Waals surface area contributed by atoms with Crippen molar-refractivity contribution in [3.8, 4) is 27.9 Å². The van der Waals surface area contributed by atoms with E-state index in [9.17, 15) is 0 Å². The molecule has 7 aromatic carbocycles. The van der Waals surface area contributed by atoms with Crippen molar-refractivity contribution in [1.29, 1.82) is 0 Å². The first kappa shape index (κ1) is 27.2. The molecule has 0 aliphatic rings. The third-order valence-corrected chi connectivity index (χ3v) is 8.99. The van der Waals surface area contributed by atoms with Gasteiger partial charge < -0.3 is 9.47 Å². The van der Waals surface area contributed by atoms with Crippen LogP contribution < -0.4 is 4.90 Å². The molecule has 2 nitrogen and oxygen atoms in total. The molecular weight excluding hydrogens is 612 g/mol. The maximum atomic E-state index is 3.53. The number of rotatable bonds is 6.